The van der Waals surface area contributed by atoms with Gasteiger partial charge in [-0.25, -0.2) is 43.1 Å². The molecule has 2 atom stereocenters. The van der Waals surface area contributed by atoms with Crippen LogP contribution in [0.1, 0.15) is 88.2 Å². The highest BCUT2D eigenvalue weighted by molar-refractivity contribution is 6.06. The molecule has 4 aromatic heterocycles. The lowest BCUT2D eigenvalue weighted by atomic mass is 9.89. The molecule has 4 bridgehead atoms. The van der Waals surface area contributed by atoms with Crippen molar-refractivity contribution in [2.75, 3.05) is 63.0 Å². The second-order valence-electron chi connectivity index (χ2n) is 17.7. The number of Topliss-reactive ketones (excluding diaryl/α,β-unsaturated/α-hetero) is 1. The maximum Gasteiger partial charge on any atom is 0.354 e. The summed E-state index contributed by atoms with van der Waals surface area (Å²) in [6.07, 6.45) is 4.81. The Labute approximate surface area is 353 Å². The number of aromatic carboxylic acids is 1. The lowest BCUT2D eigenvalue weighted by molar-refractivity contribution is 0.0690. The van der Waals surface area contributed by atoms with Crippen molar-refractivity contribution in [3.8, 4) is 0 Å². The molecule has 0 aromatic carbocycles. The van der Waals surface area contributed by atoms with Crippen LogP contribution in [0.2, 0.25) is 0 Å². The van der Waals surface area contributed by atoms with Gasteiger partial charge in [-0.2, -0.15) is 0 Å². The van der Waals surface area contributed by atoms with Crippen molar-refractivity contribution in [3.05, 3.63) is 83.9 Å². The van der Waals surface area contributed by atoms with Gasteiger partial charge in [0.2, 0.25) is 0 Å². The van der Waals surface area contributed by atoms with E-state index in [-0.39, 0.29) is 46.6 Å². The fourth-order valence-corrected chi connectivity index (χ4v) is 7.07. The highest BCUT2D eigenvalue weighted by Crippen LogP contribution is 2.40. The van der Waals surface area contributed by atoms with E-state index in [1.165, 1.54) is 35.2 Å². The molecule has 4 aromatic rings. The van der Waals surface area contributed by atoms with Gasteiger partial charge in [0, 0.05) is 32.6 Å². The first kappa shape index (κ1) is 44.3. The summed E-state index contributed by atoms with van der Waals surface area (Å²) in [5, 5.41) is 14.5. The van der Waals surface area contributed by atoms with E-state index in [1.807, 2.05) is 6.07 Å². The van der Waals surface area contributed by atoms with E-state index in [2.05, 4.69) is 81.9 Å². The topological polar surface area (TPSA) is 203 Å². The van der Waals surface area contributed by atoms with Gasteiger partial charge in [-0.1, -0.05) is 41.5 Å². The van der Waals surface area contributed by atoms with Gasteiger partial charge in [-0.3, -0.25) is 25.2 Å². The normalized spacial score (nSPS) is 17.3. The SMILES string of the molecule is CC(C)(C)CCC(=O)c1ccc2c(n1)N(C(=O)Nc1ccc(F)cn1)[C@H]1CCN2C1.CC(C)(C)CN.O=C(O)c1ccc2c(n1)N(C(=O)Nc1ccc(F)cn1)[C@H]1CCN2C1. The maximum absolute atomic E-state index is 13.1. The lowest BCUT2D eigenvalue weighted by Gasteiger charge is -2.35. The average molecular weight is 842 g/mol. The van der Waals surface area contributed by atoms with E-state index in [4.69, 9.17) is 5.73 Å². The Morgan fingerprint density at radius 1 is 0.705 bits per heavy atom. The third-order valence-corrected chi connectivity index (χ3v) is 10.5. The van der Waals surface area contributed by atoms with Crippen LogP contribution in [0, 0.1) is 22.5 Å². The maximum atomic E-state index is 13.1. The summed E-state index contributed by atoms with van der Waals surface area (Å²) in [7, 11) is 0. The van der Waals surface area contributed by atoms with Gasteiger partial charge < -0.3 is 20.6 Å². The number of rotatable bonds is 6. The highest BCUT2D eigenvalue weighted by Gasteiger charge is 2.42. The van der Waals surface area contributed by atoms with Crippen LogP contribution >= 0.6 is 0 Å². The number of aromatic nitrogens is 4. The van der Waals surface area contributed by atoms with Crippen molar-refractivity contribution < 1.29 is 33.1 Å². The molecule has 0 aliphatic carbocycles. The number of ketones is 1. The van der Waals surface area contributed by atoms with Gasteiger partial charge in [-0.15, -0.1) is 0 Å². The molecule has 8 heterocycles. The summed E-state index contributed by atoms with van der Waals surface area (Å²) in [4.78, 5) is 73.6. The molecule has 2 saturated heterocycles. The van der Waals surface area contributed by atoms with E-state index in [0.717, 1.165) is 69.2 Å². The number of halogens is 2. The molecule has 8 rings (SSSR count). The third-order valence-electron chi connectivity index (χ3n) is 10.5. The first-order valence-corrected chi connectivity index (χ1v) is 20.2. The smallest absolute Gasteiger partial charge is 0.354 e. The molecule has 18 heteroatoms. The second-order valence-corrected chi connectivity index (χ2v) is 17.7. The van der Waals surface area contributed by atoms with Crippen LogP contribution < -0.4 is 36.0 Å². The molecule has 0 unspecified atom stereocenters. The number of carbonyl (C=O) groups is 4. The number of hydrogen-bond donors (Lipinski definition) is 4. The zero-order valence-electron chi connectivity index (χ0n) is 35.3. The van der Waals surface area contributed by atoms with Gasteiger partial charge in [0.05, 0.1) is 35.9 Å². The quantitative estimate of drug-likeness (QED) is 0.143. The number of anilines is 6. The van der Waals surface area contributed by atoms with Gasteiger partial charge in [-0.05, 0) is 85.2 Å². The van der Waals surface area contributed by atoms with Crippen LogP contribution in [0.15, 0.2) is 60.9 Å². The third kappa shape index (κ3) is 10.9. The van der Waals surface area contributed by atoms with Crippen molar-refractivity contribution in [2.45, 2.75) is 79.3 Å². The van der Waals surface area contributed by atoms with Crippen LogP contribution in [0.4, 0.5) is 53.0 Å². The van der Waals surface area contributed by atoms with Gasteiger partial charge in [0.15, 0.2) is 23.1 Å². The predicted molar refractivity (Wildman–Crippen MR) is 230 cm³/mol. The Kier molecular flexibility index (Phi) is 13.2. The van der Waals surface area contributed by atoms with Gasteiger partial charge in [0.1, 0.15) is 29.0 Å². The standard InChI is InChI=1S/C22H26FN5O2.C16H14FN5O3.C5H13N/c1-22(2,3)10-8-18(29)16-5-6-17-20(25-16)28(15-9-11-27(17)13-15)21(30)26-19-7-4-14(23)12-24-19;17-9-1-4-13(18-7-9)20-16(25)22-10-5-6-21(8-10)12-3-2-11(15(23)24)19-14(12)22;1-5(2,3)4-6/h4-7,12,15H,8-11,13H2,1-3H3,(H,24,26,30);1-4,7,10H,5-6,8H2,(H,23,24)(H,18,20,25);4,6H2,1-3H3/t15-;10-;/m00./s1. The molecular formula is C43H53F2N11O5. The molecule has 61 heavy (non-hydrogen) atoms. The van der Waals surface area contributed by atoms with Crippen molar-refractivity contribution >= 4 is 58.5 Å². The van der Waals surface area contributed by atoms with Crippen LogP contribution in [-0.2, 0) is 0 Å². The summed E-state index contributed by atoms with van der Waals surface area (Å²) in [6.45, 7) is 16.4. The number of carboxylic acids is 1. The molecule has 0 radical (unpaired) electrons. The number of nitrogens with two attached hydrogens (primary N) is 1. The zero-order valence-corrected chi connectivity index (χ0v) is 35.3. The van der Waals surface area contributed by atoms with Crippen LogP contribution in [-0.4, -0.2) is 93.7 Å². The Bertz CT molecular complexity index is 2250. The summed E-state index contributed by atoms with van der Waals surface area (Å²) >= 11 is 0. The highest BCUT2D eigenvalue weighted by atomic mass is 19.1. The fourth-order valence-electron chi connectivity index (χ4n) is 7.07. The van der Waals surface area contributed by atoms with E-state index in [9.17, 15) is 33.1 Å². The van der Waals surface area contributed by atoms with Crippen molar-refractivity contribution in [3.63, 3.8) is 0 Å². The summed E-state index contributed by atoms with van der Waals surface area (Å²) in [5.41, 5.74) is 7.50. The number of amides is 4. The second kappa shape index (κ2) is 18.1. The zero-order chi connectivity index (χ0) is 44.2. The number of fused-ring (bicyclic) bond motifs is 8. The molecule has 0 saturated carbocycles. The molecule has 0 spiro atoms. The molecule has 5 N–H and O–H groups in total. The van der Waals surface area contributed by atoms with E-state index in [0.29, 0.717) is 35.7 Å². The molecular weight excluding hydrogens is 789 g/mol. The monoisotopic (exact) mass is 841 g/mol. The number of hydrogen-bond acceptors (Lipinski definition) is 11. The summed E-state index contributed by atoms with van der Waals surface area (Å²) in [5.74, 6) is -0.873. The molecule has 4 aliphatic heterocycles. The molecule has 16 nitrogen and oxygen atoms in total. The summed E-state index contributed by atoms with van der Waals surface area (Å²) < 4.78 is 26.1. The number of carboxylic acid groups (broad SMARTS) is 1. The first-order chi connectivity index (χ1) is 28.8. The number of carbonyl (C=O) groups excluding carboxylic acids is 3. The average Bonchev–Trinajstić information content (AvgIpc) is 3.83. The molecule has 4 aliphatic rings. The molecule has 4 amide bonds. The summed E-state index contributed by atoms with van der Waals surface area (Å²) in [6, 6.07) is 11.0. The van der Waals surface area contributed by atoms with E-state index in [1.54, 1.807) is 17.0 Å². The minimum Gasteiger partial charge on any atom is -0.477 e. The Balaban J connectivity index is 0.000000182. The largest absolute Gasteiger partial charge is 0.477 e. The van der Waals surface area contributed by atoms with Crippen LogP contribution in [0.25, 0.3) is 0 Å². The molecule has 324 valence electrons. The minimum atomic E-state index is -1.16. The Hall–Kier alpha value is -6.30. The van der Waals surface area contributed by atoms with Crippen molar-refractivity contribution in [2.24, 2.45) is 16.6 Å². The van der Waals surface area contributed by atoms with Gasteiger partial charge in [0.25, 0.3) is 0 Å². The fraction of sp³-hybridized carbons (Fsp3) is 0.442. The van der Waals surface area contributed by atoms with E-state index < -0.39 is 23.6 Å². The Morgan fingerprint density at radius 3 is 1.54 bits per heavy atom. The number of pyridine rings is 4. The first-order valence-electron chi connectivity index (χ1n) is 20.2. The number of nitrogens with one attached hydrogen (secondary N) is 2. The van der Waals surface area contributed by atoms with Gasteiger partial charge >= 0.3 is 18.0 Å². The Morgan fingerprint density at radius 2 is 1.15 bits per heavy atom. The number of nitrogens with zero attached hydrogens (tertiary/aromatic N) is 8. The lowest BCUT2D eigenvalue weighted by Crippen LogP contribution is -2.48. The minimum absolute atomic E-state index is 0.0267. The van der Waals surface area contributed by atoms with Crippen molar-refractivity contribution in [1.29, 1.82) is 0 Å². The molecule has 2 fully saturated rings. The number of urea groups is 2. The predicted octanol–water partition coefficient (Wildman–Crippen LogP) is 7.19. The van der Waals surface area contributed by atoms with E-state index >= 15 is 0 Å². The van der Waals surface area contributed by atoms with Crippen molar-refractivity contribution in [1.82, 2.24) is 19.9 Å². The van der Waals surface area contributed by atoms with Crippen LogP contribution in [0.5, 0.6) is 0 Å². The van der Waals surface area contributed by atoms with Crippen LogP contribution in [0.3, 0.4) is 0 Å².